The van der Waals surface area contributed by atoms with Gasteiger partial charge in [-0.1, -0.05) is 0 Å². The van der Waals surface area contributed by atoms with E-state index in [1.165, 1.54) is 41.7 Å². The summed E-state index contributed by atoms with van der Waals surface area (Å²) in [6.45, 7) is 3.33. The summed E-state index contributed by atoms with van der Waals surface area (Å²) >= 11 is 1.86. The number of β-amino-alcohol motifs (C(OH)–C–C–N with tert-alkyl or cyclic N) is 1. The zero-order valence-corrected chi connectivity index (χ0v) is 14.0. The highest BCUT2D eigenvalue weighted by molar-refractivity contribution is 7.10. The van der Waals surface area contributed by atoms with E-state index in [9.17, 15) is 4.79 Å². The van der Waals surface area contributed by atoms with E-state index in [1.807, 2.05) is 11.3 Å². The minimum atomic E-state index is 0.0785. The Kier molecular flexibility index (Phi) is 5.50. The SMILES string of the molecule is O=C(NCc1csc2c1CCCC2)[C@@H]1CCCN(CCO)C1. The Bertz CT molecular complexity index is 513. The predicted molar refractivity (Wildman–Crippen MR) is 89.1 cm³/mol. The molecule has 5 heteroatoms. The summed E-state index contributed by atoms with van der Waals surface area (Å²) in [6.07, 6.45) is 7.00. The molecular weight excluding hydrogens is 296 g/mol. The first-order chi connectivity index (χ1) is 10.8. The maximum Gasteiger partial charge on any atom is 0.224 e. The molecule has 0 spiro atoms. The first-order valence-electron chi connectivity index (χ1n) is 8.47. The number of hydrogen-bond donors (Lipinski definition) is 2. The van der Waals surface area contributed by atoms with Gasteiger partial charge >= 0.3 is 0 Å². The molecule has 0 aromatic carbocycles. The molecule has 0 radical (unpaired) electrons. The number of nitrogens with zero attached hydrogens (tertiary/aromatic N) is 1. The molecule has 122 valence electrons. The first kappa shape index (κ1) is 16.0. The molecule has 2 heterocycles. The third-order valence-electron chi connectivity index (χ3n) is 4.89. The van der Waals surface area contributed by atoms with Gasteiger partial charge in [0, 0.05) is 24.5 Å². The first-order valence-corrected chi connectivity index (χ1v) is 9.35. The fourth-order valence-corrected chi connectivity index (χ4v) is 4.80. The number of carbonyl (C=O) groups excluding carboxylic acids is 1. The number of aliphatic hydroxyl groups is 1. The van der Waals surface area contributed by atoms with Gasteiger partial charge in [0.05, 0.1) is 12.5 Å². The van der Waals surface area contributed by atoms with E-state index < -0.39 is 0 Å². The molecule has 1 aliphatic heterocycles. The standard InChI is InChI=1S/C17H26N2O2S/c20-9-8-19-7-3-4-13(11-19)17(21)18-10-14-12-22-16-6-2-1-5-15(14)16/h12-13,20H,1-11H2,(H,18,21)/t13-/m1/s1. The van der Waals surface area contributed by atoms with E-state index in [4.69, 9.17) is 5.11 Å². The molecule has 2 aliphatic rings. The van der Waals surface area contributed by atoms with Crippen LogP contribution < -0.4 is 5.32 Å². The summed E-state index contributed by atoms with van der Waals surface area (Å²) in [5, 5.41) is 14.4. The van der Waals surface area contributed by atoms with Gasteiger partial charge in [0.15, 0.2) is 0 Å². The molecule has 1 fully saturated rings. The van der Waals surface area contributed by atoms with E-state index >= 15 is 0 Å². The minimum absolute atomic E-state index is 0.0785. The number of thiophene rings is 1. The number of hydrogen-bond acceptors (Lipinski definition) is 4. The quantitative estimate of drug-likeness (QED) is 0.871. The Hall–Kier alpha value is -0.910. The van der Waals surface area contributed by atoms with Crippen LogP contribution in [0.4, 0.5) is 0 Å². The topological polar surface area (TPSA) is 52.6 Å². The highest BCUT2D eigenvalue weighted by atomic mass is 32.1. The second-order valence-corrected chi connectivity index (χ2v) is 7.42. The van der Waals surface area contributed by atoms with E-state index in [2.05, 4.69) is 15.6 Å². The van der Waals surface area contributed by atoms with Gasteiger partial charge < -0.3 is 15.3 Å². The van der Waals surface area contributed by atoms with Crippen LogP contribution in [0, 0.1) is 5.92 Å². The fraction of sp³-hybridized carbons (Fsp3) is 0.706. The maximum atomic E-state index is 12.4. The lowest BCUT2D eigenvalue weighted by molar-refractivity contribution is -0.126. The summed E-state index contributed by atoms with van der Waals surface area (Å²) in [7, 11) is 0. The average molecular weight is 322 g/mol. The Morgan fingerprint density at radius 1 is 1.36 bits per heavy atom. The summed E-state index contributed by atoms with van der Waals surface area (Å²) in [5.74, 6) is 0.258. The number of rotatable bonds is 5. The van der Waals surface area contributed by atoms with E-state index in [0.29, 0.717) is 13.1 Å². The molecule has 1 aromatic rings. The van der Waals surface area contributed by atoms with E-state index in [0.717, 1.165) is 25.9 Å². The van der Waals surface area contributed by atoms with Crippen molar-refractivity contribution in [3.63, 3.8) is 0 Å². The lowest BCUT2D eigenvalue weighted by atomic mass is 9.95. The summed E-state index contributed by atoms with van der Waals surface area (Å²) < 4.78 is 0. The normalized spacial score (nSPS) is 22.3. The number of carbonyl (C=O) groups is 1. The third-order valence-corrected chi connectivity index (χ3v) is 6.03. The van der Waals surface area contributed by atoms with Crippen molar-refractivity contribution >= 4 is 17.2 Å². The average Bonchev–Trinajstić information content (AvgIpc) is 2.96. The summed E-state index contributed by atoms with van der Waals surface area (Å²) in [5.41, 5.74) is 2.83. The Balaban J connectivity index is 1.52. The van der Waals surface area contributed by atoms with Gasteiger partial charge in [-0.25, -0.2) is 0 Å². The second kappa shape index (κ2) is 7.57. The molecule has 0 bridgehead atoms. The second-order valence-electron chi connectivity index (χ2n) is 6.45. The molecule has 1 saturated heterocycles. The van der Waals surface area contributed by atoms with Crippen molar-refractivity contribution in [2.24, 2.45) is 5.92 Å². The molecule has 1 amide bonds. The van der Waals surface area contributed by atoms with Crippen LogP contribution in [-0.4, -0.2) is 42.2 Å². The lowest BCUT2D eigenvalue weighted by Gasteiger charge is -2.31. The van der Waals surface area contributed by atoms with Crippen LogP contribution in [0.25, 0.3) is 0 Å². The van der Waals surface area contributed by atoms with Crippen LogP contribution >= 0.6 is 11.3 Å². The van der Waals surface area contributed by atoms with Crippen LogP contribution in [0.2, 0.25) is 0 Å². The lowest BCUT2D eigenvalue weighted by Crippen LogP contribution is -2.43. The molecule has 0 unspecified atom stereocenters. The Morgan fingerprint density at radius 3 is 3.09 bits per heavy atom. The Labute approximate surface area is 136 Å². The van der Waals surface area contributed by atoms with Crippen molar-refractivity contribution in [1.29, 1.82) is 0 Å². The Morgan fingerprint density at radius 2 is 2.23 bits per heavy atom. The molecule has 4 nitrogen and oxygen atoms in total. The van der Waals surface area contributed by atoms with Gasteiger partial charge in [-0.05, 0) is 61.6 Å². The minimum Gasteiger partial charge on any atom is -0.395 e. The smallest absolute Gasteiger partial charge is 0.224 e. The van der Waals surface area contributed by atoms with Gasteiger partial charge in [0.2, 0.25) is 5.91 Å². The van der Waals surface area contributed by atoms with Crippen molar-refractivity contribution in [2.45, 2.75) is 45.1 Å². The number of amides is 1. The largest absolute Gasteiger partial charge is 0.395 e. The number of piperidine rings is 1. The van der Waals surface area contributed by atoms with Crippen LogP contribution in [-0.2, 0) is 24.2 Å². The zero-order chi connectivity index (χ0) is 15.4. The van der Waals surface area contributed by atoms with Crippen LogP contribution in [0.15, 0.2) is 5.38 Å². The number of likely N-dealkylation sites (tertiary alicyclic amines) is 1. The number of aryl methyl sites for hydroxylation is 1. The van der Waals surface area contributed by atoms with Gasteiger partial charge in [0.1, 0.15) is 0 Å². The third kappa shape index (κ3) is 3.70. The van der Waals surface area contributed by atoms with E-state index in [-0.39, 0.29) is 18.4 Å². The number of nitrogens with one attached hydrogen (secondary N) is 1. The van der Waals surface area contributed by atoms with Crippen molar-refractivity contribution in [3.05, 3.63) is 21.4 Å². The van der Waals surface area contributed by atoms with Crippen LogP contribution in [0.5, 0.6) is 0 Å². The van der Waals surface area contributed by atoms with Crippen molar-refractivity contribution in [1.82, 2.24) is 10.2 Å². The van der Waals surface area contributed by atoms with Gasteiger partial charge in [-0.3, -0.25) is 4.79 Å². The zero-order valence-electron chi connectivity index (χ0n) is 13.1. The molecule has 0 saturated carbocycles. The van der Waals surface area contributed by atoms with E-state index in [1.54, 1.807) is 0 Å². The van der Waals surface area contributed by atoms with Gasteiger partial charge in [-0.2, -0.15) is 0 Å². The van der Waals surface area contributed by atoms with Crippen molar-refractivity contribution in [2.75, 3.05) is 26.2 Å². The maximum absolute atomic E-state index is 12.4. The molecule has 1 aliphatic carbocycles. The van der Waals surface area contributed by atoms with Crippen molar-refractivity contribution < 1.29 is 9.90 Å². The highest BCUT2D eigenvalue weighted by Gasteiger charge is 2.25. The van der Waals surface area contributed by atoms with Crippen LogP contribution in [0.1, 0.15) is 41.7 Å². The molecule has 1 aromatic heterocycles. The molecule has 2 N–H and O–H groups in total. The highest BCUT2D eigenvalue weighted by Crippen LogP contribution is 2.30. The molecule has 22 heavy (non-hydrogen) atoms. The molecule has 1 atom stereocenters. The molecule has 3 rings (SSSR count). The van der Waals surface area contributed by atoms with Crippen LogP contribution in [0.3, 0.4) is 0 Å². The number of aliphatic hydroxyl groups excluding tert-OH is 1. The van der Waals surface area contributed by atoms with Gasteiger partial charge in [-0.15, -0.1) is 11.3 Å². The summed E-state index contributed by atoms with van der Waals surface area (Å²) in [6, 6.07) is 0. The predicted octanol–water partition coefficient (Wildman–Crippen LogP) is 1.95. The van der Waals surface area contributed by atoms with Crippen molar-refractivity contribution in [3.8, 4) is 0 Å². The molecular formula is C17H26N2O2S. The summed E-state index contributed by atoms with van der Waals surface area (Å²) in [4.78, 5) is 16.1. The monoisotopic (exact) mass is 322 g/mol. The fourth-order valence-electron chi connectivity index (χ4n) is 3.65. The van der Waals surface area contributed by atoms with Gasteiger partial charge in [0.25, 0.3) is 0 Å². The number of fused-ring (bicyclic) bond motifs is 1.